The van der Waals surface area contributed by atoms with E-state index < -0.39 is 75.1 Å². The zero-order chi connectivity index (χ0) is 32.5. The molecule has 10 unspecified atom stereocenters. The molecule has 0 spiro atoms. The van der Waals surface area contributed by atoms with Gasteiger partial charge in [0.2, 0.25) is 5.95 Å². The van der Waals surface area contributed by atoms with Gasteiger partial charge in [-0.1, -0.05) is 0 Å². The Balaban J connectivity index is 1.20. The van der Waals surface area contributed by atoms with Gasteiger partial charge in [-0.25, -0.2) is 9.97 Å². The average molecular weight is 722 g/mol. The van der Waals surface area contributed by atoms with Crippen LogP contribution in [0, 0.1) is 0 Å². The Bertz CT molecular complexity index is 1760. The predicted molar refractivity (Wildman–Crippen MR) is 168 cm³/mol. The van der Waals surface area contributed by atoms with E-state index in [2.05, 4.69) is 32.2 Å². The van der Waals surface area contributed by atoms with E-state index in [9.17, 15) is 19.9 Å². The van der Waals surface area contributed by atoms with Gasteiger partial charge in [-0.05, 0) is 24.3 Å². The number of rotatable bonds is 3. The first-order valence-corrected chi connectivity index (χ1v) is 19.2. The number of nitrogens with two attached hydrogens (primary N) is 2. The average Bonchev–Trinajstić information content (AvgIpc) is 3.77. The second-order valence-corrected chi connectivity index (χ2v) is 16.9. The molecule has 7 rings (SSSR count). The highest BCUT2D eigenvalue weighted by Gasteiger charge is 2.59. The number of aromatic amines is 1. The van der Waals surface area contributed by atoms with Gasteiger partial charge in [0.25, 0.3) is 5.56 Å². The van der Waals surface area contributed by atoms with Crippen molar-refractivity contribution in [2.75, 3.05) is 43.2 Å². The van der Waals surface area contributed by atoms with E-state index in [0.717, 1.165) is 0 Å². The van der Waals surface area contributed by atoms with Gasteiger partial charge < -0.3 is 50.0 Å². The summed E-state index contributed by atoms with van der Waals surface area (Å²) in [4.78, 5) is 40.3. The van der Waals surface area contributed by atoms with Crippen LogP contribution in [0.4, 0.5) is 17.6 Å². The summed E-state index contributed by atoms with van der Waals surface area (Å²) in [6, 6.07) is 1.67. The molecule has 8 N–H and O–H groups in total. The number of hydrogen-bond acceptors (Lipinski definition) is 18. The third-order valence-corrected chi connectivity index (χ3v) is 12.3. The van der Waals surface area contributed by atoms with E-state index in [0.29, 0.717) is 23.0 Å². The van der Waals surface area contributed by atoms with Crippen molar-refractivity contribution < 1.29 is 47.2 Å². The number of H-pyrrole nitrogens is 1. The molecule has 0 saturated carbocycles. The fourth-order valence-electron chi connectivity index (χ4n) is 5.98. The summed E-state index contributed by atoms with van der Waals surface area (Å²) >= 11 is 9.89. The number of hydrogen-bond donors (Lipinski definition) is 7. The minimum absolute atomic E-state index is 0.0986. The topological polar surface area (TPSA) is 257 Å². The number of nitrogen functional groups attached to an aromatic ring is 2. The third-order valence-electron chi connectivity index (χ3n) is 8.17. The molecular weight excluding hydrogens is 690 g/mol. The van der Waals surface area contributed by atoms with Crippen molar-refractivity contribution in [2.24, 2.45) is 0 Å². The van der Waals surface area contributed by atoms with Crippen LogP contribution in [0.2, 0.25) is 0 Å². The van der Waals surface area contributed by atoms with E-state index in [1.807, 2.05) is 0 Å². The number of nitrogens with one attached hydrogen (secondary N) is 1. The molecule has 3 saturated heterocycles. The Kier molecular flexibility index (Phi) is 8.55. The Morgan fingerprint density at radius 2 is 1.96 bits per heavy atom. The number of nitrogens with zero attached hydrogens (tertiary/aromatic N) is 5. The molecule has 46 heavy (non-hydrogen) atoms. The lowest BCUT2D eigenvalue weighted by Gasteiger charge is -2.30. The summed E-state index contributed by atoms with van der Waals surface area (Å²) in [6.45, 7) is -4.58. The Labute approximate surface area is 271 Å². The number of thiol groups is 1. The summed E-state index contributed by atoms with van der Waals surface area (Å²) in [5.41, 5.74) is 12.2. The smallest absolute Gasteiger partial charge is 0.387 e. The standard InChI is InChI=1S/C23H30N8O11P2S2/c1-36-44(46)38-7-12-15(14(33)21(40-12)30-4-2-9-17(24)26-8-27-18(9)30)41-43(35,45)37-6-11-13(32)16(42-44)22(39-11)31-5-3-10-19(31)28-23(25)29-20(10)34/h2,4,8,11-16,21-22,32-33,46H,3,5-7H2,1H3,(H5-,24,25,26,27,28,29,34,35,45)/p+1. The van der Waals surface area contributed by atoms with E-state index in [4.69, 9.17) is 55.4 Å². The fraction of sp³-hybridized carbons (Fsp3) is 0.565. The van der Waals surface area contributed by atoms with Crippen LogP contribution >= 0.6 is 26.1 Å². The normalized spacial score (nSPS) is 38.2. The molecule has 4 aliphatic rings. The highest BCUT2D eigenvalue weighted by molar-refractivity contribution is 8.47. The Morgan fingerprint density at radius 3 is 2.74 bits per heavy atom. The summed E-state index contributed by atoms with van der Waals surface area (Å²) in [5, 5.41) is 23.3. The number of aliphatic hydroxyl groups excluding tert-OH is 2. The molecule has 7 heterocycles. The molecule has 2 bridgehead atoms. The number of aromatic nitrogens is 5. The van der Waals surface area contributed by atoms with Gasteiger partial charge >= 0.3 is 13.9 Å². The van der Waals surface area contributed by atoms with E-state index >= 15 is 0 Å². The molecule has 3 aromatic rings. The first-order valence-electron chi connectivity index (χ1n) is 13.9. The molecule has 3 fully saturated rings. The number of fused-ring (bicyclic) bond motifs is 5. The van der Waals surface area contributed by atoms with E-state index in [1.165, 1.54) is 13.4 Å². The van der Waals surface area contributed by atoms with Crippen LogP contribution in [-0.4, -0.2) is 109 Å². The third kappa shape index (κ3) is 5.71. The molecule has 250 valence electrons. The maximum absolute atomic E-state index is 12.5. The first kappa shape index (κ1) is 32.5. The summed E-state index contributed by atoms with van der Waals surface area (Å²) < 4.78 is 43.2. The van der Waals surface area contributed by atoms with Crippen LogP contribution in [0.25, 0.3) is 11.0 Å². The highest BCUT2D eigenvalue weighted by Crippen LogP contribution is 2.68. The van der Waals surface area contributed by atoms with Gasteiger partial charge in [0.1, 0.15) is 60.7 Å². The molecule has 4 aliphatic heterocycles. The minimum atomic E-state index is -4.11. The van der Waals surface area contributed by atoms with Crippen molar-refractivity contribution in [3.63, 3.8) is 0 Å². The molecule has 0 radical (unpaired) electrons. The Hall–Kier alpha value is -2.07. The second kappa shape index (κ2) is 12.1. The quantitative estimate of drug-likeness (QED) is 0.131. The number of aliphatic hydroxyl groups is 2. The lowest BCUT2D eigenvalue weighted by Crippen LogP contribution is -2.45. The van der Waals surface area contributed by atoms with Crippen LogP contribution in [0.15, 0.2) is 23.4 Å². The first-order chi connectivity index (χ1) is 21.9. The predicted octanol–water partition coefficient (Wildman–Crippen LogP) is -0.626. The van der Waals surface area contributed by atoms with Crippen molar-refractivity contribution in [3.8, 4) is 0 Å². The van der Waals surface area contributed by atoms with Gasteiger partial charge in [-0.15, -0.1) is 0 Å². The fourth-order valence-corrected chi connectivity index (χ4v) is 9.08. The molecule has 0 aliphatic carbocycles. The molecule has 3 aromatic heterocycles. The van der Waals surface area contributed by atoms with Crippen LogP contribution in [0.5, 0.6) is 0 Å². The van der Waals surface area contributed by atoms with Gasteiger partial charge in [0.05, 0.1) is 36.9 Å². The zero-order valence-corrected chi connectivity index (χ0v) is 27.4. The second-order valence-electron chi connectivity index (χ2n) is 10.9. The molecule has 23 heteroatoms. The molecule has 0 aromatic carbocycles. The number of ether oxygens (including phenoxy) is 2. The van der Waals surface area contributed by atoms with E-state index in [1.54, 1.807) is 21.7 Å². The van der Waals surface area contributed by atoms with Gasteiger partial charge in [-0.2, -0.15) is 18.6 Å². The van der Waals surface area contributed by atoms with Crippen molar-refractivity contribution in [3.05, 3.63) is 34.5 Å². The van der Waals surface area contributed by atoms with Crippen LogP contribution in [-0.2, 0) is 50.3 Å². The molecule has 0 amide bonds. The van der Waals surface area contributed by atoms with Crippen molar-refractivity contribution in [1.29, 1.82) is 0 Å². The summed E-state index contributed by atoms with van der Waals surface area (Å²) in [6.07, 6.45) is -6.28. The molecule has 19 nitrogen and oxygen atoms in total. The highest BCUT2D eigenvalue weighted by atomic mass is 32.7. The van der Waals surface area contributed by atoms with Crippen LogP contribution < -0.4 is 21.9 Å². The van der Waals surface area contributed by atoms with Crippen LogP contribution in [0.1, 0.15) is 11.8 Å². The monoisotopic (exact) mass is 721 g/mol. The van der Waals surface area contributed by atoms with Crippen molar-refractivity contribution in [2.45, 2.75) is 55.5 Å². The maximum atomic E-state index is 12.5. The molecule has 10 atom stereocenters. The largest absolute Gasteiger partial charge is 0.478 e. The van der Waals surface area contributed by atoms with Crippen molar-refractivity contribution in [1.82, 2.24) is 24.5 Å². The SMILES string of the molecule is CO[P+]1(S)OCC2OC(n3ccc4c(N)ncnc43)C(O)C2OP(O)(=S)OCC2OC(N3CCc4c3nc(N)[nH]c4=O)C(O1)C2O. The minimum Gasteiger partial charge on any atom is -0.387 e. The van der Waals surface area contributed by atoms with Crippen molar-refractivity contribution >= 4 is 66.5 Å². The lowest BCUT2D eigenvalue weighted by molar-refractivity contribution is -0.0529. The van der Waals surface area contributed by atoms with Gasteiger partial charge in [0.15, 0.2) is 18.6 Å². The zero-order valence-electron chi connectivity index (χ0n) is 23.9. The number of anilines is 3. The summed E-state index contributed by atoms with van der Waals surface area (Å²) in [5.74, 6) is 0.400. The van der Waals surface area contributed by atoms with Gasteiger partial charge in [-0.3, -0.25) is 14.3 Å². The van der Waals surface area contributed by atoms with Gasteiger partial charge in [0, 0.05) is 12.7 Å². The maximum Gasteiger partial charge on any atom is 0.478 e. The summed E-state index contributed by atoms with van der Waals surface area (Å²) in [7, 11) is -2.25. The molecular formula is C23H31N8O11P2S2+. The Morgan fingerprint density at radius 1 is 1.17 bits per heavy atom. The lowest BCUT2D eigenvalue weighted by atomic mass is 10.1. The van der Waals surface area contributed by atoms with Crippen LogP contribution in [0.3, 0.4) is 0 Å². The van der Waals surface area contributed by atoms with E-state index in [-0.39, 0.29) is 30.7 Å².